The van der Waals surface area contributed by atoms with Gasteiger partial charge in [0.05, 0.1) is 11.8 Å². The number of urea groups is 1. The first-order chi connectivity index (χ1) is 10.6. The van der Waals surface area contributed by atoms with Crippen LogP contribution in [0.5, 0.6) is 5.75 Å². The Balaban J connectivity index is 2.66. The molecule has 1 aromatic carbocycles. The fourth-order valence-corrected chi connectivity index (χ4v) is 1.53. The van der Waals surface area contributed by atoms with E-state index in [1.54, 1.807) is 0 Å². The first kappa shape index (κ1) is 19.1. The van der Waals surface area contributed by atoms with Crippen LogP contribution in [0.2, 0.25) is 0 Å². The Morgan fingerprint density at radius 3 is 2.57 bits per heavy atom. The molecule has 3 N–H and O–H groups in total. The average Bonchev–Trinajstić information content (AvgIpc) is 2.43. The third-order valence-electron chi connectivity index (χ3n) is 3.01. The predicted molar refractivity (Wildman–Crippen MR) is 80.4 cm³/mol. The third kappa shape index (κ3) is 6.77. The molecule has 0 radical (unpaired) electrons. The van der Waals surface area contributed by atoms with Crippen LogP contribution in [0, 0.1) is 11.2 Å². The van der Waals surface area contributed by atoms with Crippen molar-refractivity contribution in [2.75, 3.05) is 18.5 Å². The zero-order chi connectivity index (χ0) is 17.6. The number of benzene rings is 1. The normalized spacial score (nSPS) is 12.9. The van der Waals surface area contributed by atoms with Crippen molar-refractivity contribution in [1.82, 2.24) is 5.32 Å². The number of rotatable bonds is 6. The van der Waals surface area contributed by atoms with Gasteiger partial charge >= 0.3 is 6.03 Å². The zero-order valence-corrected chi connectivity index (χ0v) is 13.2. The van der Waals surface area contributed by atoms with Crippen molar-refractivity contribution in [3.8, 4) is 5.75 Å². The minimum atomic E-state index is -2.72. The van der Waals surface area contributed by atoms with E-state index in [1.165, 1.54) is 6.07 Å². The SMILES string of the molecule is CC(C)(C)C(O)CNC(=O)Nc1ccc(F)cc1OCC(F)F. The van der Waals surface area contributed by atoms with Crippen molar-refractivity contribution in [3.05, 3.63) is 24.0 Å². The van der Waals surface area contributed by atoms with Crippen molar-refractivity contribution in [2.24, 2.45) is 5.41 Å². The van der Waals surface area contributed by atoms with E-state index in [0.717, 1.165) is 12.1 Å². The lowest BCUT2D eigenvalue weighted by Gasteiger charge is -2.26. The highest BCUT2D eigenvalue weighted by atomic mass is 19.3. The molecule has 5 nitrogen and oxygen atoms in total. The summed E-state index contributed by atoms with van der Waals surface area (Å²) in [4.78, 5) is 11.8. The molecular weight excluding hydrogens is 313 g/mol. The topological polar surface area (TPSA) is 70.6 Å². The number of anilines is 1. The molecule has 0 heterocycles. The highest BCUT2D eigenvalue weighted by Gasteiger charge is 2.22. The molecule has 0 saturated heterocycles. The van der Waals surface area contributed by atoms with Gasteiger partial charge in [-0.1, -0.05) is 20.8 Å². The number of hydrogen-bond acceptors (Lipinski definition) is 3. The van der Waals surface area contributed by atoms with Crippen LogP contribution in [0.4, 0.5) is 23.7 Å². The lowest BCUT2D eigenvalue weighted by Crippen LogP contribution is -2.40. The fourth-order valence-electron chi connectivity index (χ4n) is 1.53. The van der Waals surface area contributed by atoms with Crippen LogP contribution >= 0.6 is 0 Å². The van der Waals surface area contributed by atoms with E-state index >= 15 is 0 Å². The maximum atomic E-state index is 13.2. The van der Waals surface area contributed by atoms with Gasteiger partial charge < -0.3 is 20.5 Å². The fraction of sp³-hybridized carbons (Fsp3) is 0.533. The third-order valence-corrected chi connectivity index (χ3v) is 3.01. The van der Waals surface area contributed by atoms with Gasteiger partial charge in [0.15, 0.2) is 0 Å². The molecule has 1 aromatic rings. The quantitative estimate of drug-likeness (QED) is 0.749. The van der Waals surface area contributed by atoms with E-state index in [2.05, 4.69) is 10.6 Å². The summed E-state index contributed by atoms with van der Waals surface area (Å²) in [5.41, 5.74) is -0.357. The van der Waals surface area contributed by atoms with Gasteiger partial charge in [-0.25, -0.2) is 18.0 Å². The van der Waals surface area contributed by atoms with Gasteiger partial charge in [-0.05, 0) is 17.5 Å². The largest absolute Gasteiger partial charge is 0.485 e. The molecule has 1 rings (SSSR count). The number of nitrogens with one attached hydrogen (secondary N) is 2. The first-order valence-corrected chi connectivity index (χ1v) is 7.03. The van der Waals surface area contributed by atoms with Gasteiger partial charge in [0, 0.05) is 12.6 Å². The molecule has 2 amide bonds. The van der Waals surface area contributed by atoms with Gasteiger partial charge in [0.25, 0.3) is 6.43 Å². The average molecular weight is 334 g/mol. The number of carbonyl (C=O) groups excluding carboxylic acids is 1. The van der Waals surface area contributed by atoms with Crippen molar-refractivity contribution in [1.29, 1.82) is 0 Å². The summed E-state index contributed by atoms with van der Waals surface area (Å²) in [5, 5.41) is 14.7. The highest BCUT2D eigenvalue weighted by Crippen LogP contribution is 2.26. The van der Waals surface area contributed by atoms with Gasteiger partial charge in [0.1, 0.15) is 18.2 Å². The second-order valence-electron chi connectivity index (χ2n) is 6.06. The van der Waals surface area contributed by atoms with Gasteiger partial charge in [-0.2, -0.15) is 0 Å². The number of carbonyl (C=O) groups is 1. The molecular formula is C15H21F3N2O3. The summed E-state index contributed by atoms with van der Waals surface area (Å²) < 4.78 is 42.3. The number of halogens is 3. The van der Waals surface area contributed by atoms with Gasteiger partial charge in [-0.3, -0.25) is 0 Å². The Bertz CT molecular complexity index is 533. The molecule has 0 saturated carbocycles. The second kappa shape index (κ2) is 8.05. The standard InChI is InChI=1S/C15H21F3N2O3/c1-15(2,3)12(21)7-19-14(22)20-10-5-4-9(16)6-11(10)23-8-13(17)18/h4-6,12-13,21H,7-8H2,1-3H3,(H2,19,20,22). The molecule has 0 spiro atoms. The van der Waals surface area contributed by atoms with E-state index in [0.29, 0.717) is 0 Å². The summed E-state index contributed by atoms with van der Waals surface area (Å²) >= 11 is 0. The summed E-state index contributed by atoms with van der Waals surface area (Å²) in [5.74, 6) is -0.875. The van der Waals surface area contributed by atoms with Crippen molar-refractivity contribution >= 4 is 11.7 Å². The second-order valence-corrected chi connectivity index (χ2v) is 6.06. The molecule has 0 aliphatic rings. The molecule has 0 bridgehead atoms. The van der Waals surface area contributed by atoms with Crippen LogP contribution in [0.25, 0.3) is 0 Å². The zero-order valence-electron chi connectivity index (χ0n) is 13.2. The maximum absolute atomic E-state index is 13.2. The number of alkyl halides is 2. The van der Waals surface area contributed by atoms with Gasteiger partial charge in [-0.15, -0.1) is 0 Å². The number of aliphatic hydroxyl groups is 1. The van der Waals surface area contributed by atoms with Crippen LogP contribution in [0.15, 0.2) is 18.2 Å². The van der Waals surface area contributed by atoms with Crippen LogP contribution in [-0.2, 0) is 0 Å². The minimum absolute atomic E-state index is 0.00372. The maximum Gasteiger partial charge on any atom is 0.319 e. The summed E-state index contributed by atoms with van der Waals surface area (Å²) in [6.07, 6.45) is -3.49. The number of hydrogen-bond donors (Lipinski definition) is 3. The Morgan fingerprint density at radius 2 is 2.00 bits per heavy atom. The van der Waals surface area contributed by atoms with Crippen LogP contribution < -0.4 is 15.4 Å². The lowest BCUT2D eigenvalue weighted by molar-refractivity contribution is 0.0654. The van der Waals surface area contributed by atoms with E-state index < -0.39 is 36.4 Å². The van der Waals surface area contributed by atoms with Crippen LogP contribution in [0.3, 0.4) is 0 Å². The number of amides is 2. The Morgan fingerprint density at radius 1 is 1.35 bits per heavy atom. The molecule has 23 heavy (non-hydrogen) atoms. The molecule has 0 aliphatic carbocycles. The predicted octanol–water partition coefficient (Wildman–Crippen LogP) is 3.00. The van der Waals surface area contributed by atoms with Crippen LogP contribution in [-0.4, -0.2) is 36.8 Å². The molecule has 8 heteroatoms. The number of ether oxygens (including phenoxy) is 1. The van der Waals surface area contributed by atoms with Crippen molar-refractivity contribution < 1.29 is 27.8 Å². The lowest BCUT2D eigenvalue weighted by atomic mass is 9.89. The van der Waals surface area contributed by atoms with Crippen LogP contribution in [0.1, 0.15) is 20.8 Å². The molecule has 0 fully saturated rings. The molecule has 0 aliphatic heterocycles. The van der Waals surface area contributed by atoms with E-state index in [9.17, 15) is 23.1 Å². The first-order valence-electron chi connectivity index (χ1n) is 7.03. The van der Waals surface area contributed by atoms with E-state index in [-0.39, 0.29) is 18.0 Å². The smallest absolute Gasteiger partial charge is 0.319 e. The monoisotopic (exact) mass is 334 g/mol. The minimum Gasteiger partial charge on any atom is -0.485 e. The van der Waals surface area contributed by atoms with Gasteiger partial charge in [0.2, 0.25) is 0 Å². The molecule has 0 aromatic heterocycles. The van der Waals surface area contributed by atoms with E-state index in [4.69, 9.17) is 4.74 Å². The summed E-state index contributed by atoms with van der Waals surface area (Å²) in [6, 6.07) is 2.51. The summed E-state index contributed by atoms with van der Waals surface area (Å²) in [6.45, 7) is 4.53. The Labute approximate surface area is 132 Å². The molecule has 1 atom stereocenters. The van der Waals surface area contributed by atoms with E-state index in [1.807, 2.05) is 20.8 Å². The molecule has 1 unspecified atom stereocenters. The van der Waals surface area contributed by atoms with Crippen molar-refractivity contribution in [3.63, 3.8) is 0 Å². The molecule has 130 valence electrons. The van der Waals surface area contributed by atoms with Crippen molar-refractivity contribution in [2.45, 2.75) is 33.3 Å². The Hall–Kier alpha value is -1.96. The highest BCUT2D eigenvalue weighted by molar-refractivity contribution is 5.90. The summed E-state index contributed by atoms with van der Waals surface area (Å²) in [7, 11) is 0. The number of aliphatic hydroxyl groups excluding tert-OH is 1. The Kier molecular flexibility index (Phi) is 6.68.